The maximum Gasteiger partial charge on any atom is 0.217 e. The van der Waals surface area contributed by atoms with E-state index in [0.717, 1.165) is 49.4 Å². The number of carbonyl (C=O) groups excluding carboxylic acids is 1. The molecular weight excluding hydrogens is 326 g/mol. The first kappa shape index (κ1) is 18.4. The Kier molecular flexibility index (Phi) is 5.57. The van der Waals surface area contributed by atoms with Crippen LogP contribution in [-0.2, 0) is 11.3 Å². The first-order chi connectivity index (χ1) is 12.5. The van der Waals surface area contributed by atoms with E-state index in [1.54, 1.807) is 14.0 Å². The molecule has 1 fully saturated rings. The summed E-state index contributed by atoms with van der Waals surface area (Å²) in [5.74, 6) is 0.921. The molecule has 3 rings (SSSR count). The number of ether oxygens (including phenoxy) is 1. The quantitative estimate of drug-likeness (QED) is 0.896. The van der Waals surface area contributed by atoms with Crippen molar-refractivity contribution in [1.29, 1.82) is 0 Å². The Hall–Kier alpha value is -2.40. The first-order valence-corrected chi connectivity index (χ1v) is 9.07. The van der Waals surface area contributed by atoms with Gasteiger partial charge in [-0.2, -0.15) is 0 Å². The van der Waals surface area contributed by atoms with Crippen molar-refractivity contribution in [1.82, 2.24) is 15.2 Å². The largest absolute Gasteiger partial charge is 0.497 e. The molecule has 5 heteroatoms. The molecular formula is C21H27N3O2. The van der Waals surface area contributed by atoms with E-state index in [4.69, 9.17) is 4.74 Å². The van der Waals surface area contributed by atoms with Gasteiger partial charge in [-0.05, 0) is 66.8 Å². The molecule has 0 bridgehead atoms. The second-order valence-electron chi connectivity index (χ2n) is 7.32. The number of piperidine rings is 1. The molecule has 1 aliphatic rings. The first-order valence-electron chi connectivity index (χ1n) is 9.07. The van der Waals surface area contributed by atoms with Gasteiger partial charge in [-0.25, -0.2) is 0 Å². The topological polar surface area (TPSA) is 54.5 Å². The highest BCUT2D eigenvalue weighted by atomic mass is 16.5. The number of rotatable bonds is 5. The fourth-order valence-corrected chi connectivity index (χ4v) is 3.59. The van der Waals surface area contributed by atoms with Gasteiger partial charge in [0, 0.05) is 44.5 Å². The number of likely N-dealkylation sites (tertiary alicyclic amines) is 1. The summed E-state index contributed by atoms with van der Waals surface area (Å²) in [6.07, 6.45) is 5.55. The highest BCUT2D eigenvalue weighted by Gasteiger charge is 2.30. The molecule has 1 amide bonds. The number of hydrogen-bond donors (Lipinski definition) is 1. The minimum Gasteiger partial charge on any atom is -0.497 e. The van der Waals surface area contributed by atoms with Gasteiger partial charge in [0.15, 0.2) is 0 Å². The maximum absolute atomic E-state index is 11.4. The summed E-state index contributed by atoms with van der Waals surface area (Å²) in [6.45, 7) is 6.55. The van der Waals surface area contributed by atoms with E-state index < -0.39 is 0 Å². The van der Waals surface area contributed by atoms with Gasteiger partial charge in [-0.3, -0.25) is 14.7 Å². The predicted octanol–water partition coefficient (Wildman–Crippen LogP) is 3.25. The predicted molar refractivity (Wildman–Crippen MR) is 103 cm³/mol. The second kappa shape index (κ2) is 7.87. The van der Waals surface area contributed by atoms with Gasteiger partial charge >= 0.3 is 0 Å². The molecule has 1 saturated heterocycles. The molecule has 1 aromatic heterocycles. The third-order valence-corrected chi connectivity index (χ3v) is 5.06. The Balaban J connectivity index is 1.71. The fraction of sp³-hybridized carbons (Fsp3) is 0.429. The van der Waals surface area contributed by atoms with Gasteiger partial charge in [-0.1, -0.05) is 0 Å². The van der Waals surface area contributed by atoms with E-state index in [1.807, 2.05) is 24.5 Å². The molecule has 2 aromatic rings. The zero-order valence-electron chi connectivity index (χ0n) is 15.8. The fourth-order valence-electron chi connectivity index (χ4n) is 3.59. The Morgan fingerprint density at radius 1 is 1.19 bits per heavy atom. The van der Waals surface area contributed by atoms with E-state index >= 15 is 0 Å². The zero-order valence-corrected chi connectivity index (χ0v) is 15.8. The molecule has 0 spiro atoms. The minimum atomic E-state index is -0.0844. The third-order valence-electron chi connectivity index (χ3n) is 5.06. The van der Waals surface area contributed by atoms with Crippen molar-refractivity contribution in [2.24, 2.45) is 0 Å². The standard InChI is InChI=1S/C21H27N3O2/c1-16(25)23-21(2)6-10-24(11-7-21)15-17-12-19(14-20(13-17)26-3)18-4-8-22-9-5-18/h4-5,8-9,12-14H,6-7,10-11,15H2,1-3H3,(H,23,25). The van der Waals surface area contributed by atoms with Crippen LogP contribution >= 0.6 is 0 Å². The van der Waals surface area contributed by atoms with Crippen molar-refractivity contribution >= 4 is 5.91 Å². The molecule has 0 saturated carbocycles. The molecule has 0 radical (unpaired) electrons. The van der Waals surface area contributed by atoms with E-state index in [-0.39, 0.29) is 11.4 Å². The number of nitrogens with zero attached hydrogens (tertiary/aromatic N) is 2. The van der Waals surface area contributed by atoms with Crippen molar-refractivity contribution in [2.75, 3.05) is 20.2 Å². The minimum absolute atomic E-state index is 0.0516. The average Bonchev–Trinajstić information content (AvgIpc) is 2.63. The van der Waals surface area contributed by atoms with Gasteiger partial charge in [0.05, 0.1) is 7.11 Å². The molecule has 1 N–H and O–H groups in total. The van der Waals surface area contributed by atoms with Gasteiger partial charge in [0.25, 0.3) is 0 Å². The molecule has 0 aliphatic carbocycles. The number of amides is 1. The monoisotopic (exact) mass is 353 g/mol. The van der Waals surface area contributed by atoms with Crippen LogP contribution in [0.25, 0.3) is 11.1 Å². The summed E-state index contributed by atoms with van der Waals surface area (Å²) < 4.78 is 5.50. The van der Waals surface area contributed by atoms with Gasteiger partial charge < -0.3 is 10.1 Å². The number of benzene rings is 1. The molecule has 138 valence electrons. The van der Waals surface area contributed by atoms with Crippen molar-refractivity contribution in [3.63, 3.8) is 0 Å². The van der Waals surface area contributed by atoms with Crippen LogP contribution in [0.4, 0.5) is 0 Å². The highest BCUT2D eigenvalue weighted by Crippen LogP contribution is 2.28. The molecule has 5 nitrogen and oxygen atoms in total. The molecule has 26 heavy (non-hydrogen) atoms. The van der Waals surface area contributed by atoms with Crippen LogP contribution in [-0.4, -0.2) is 41.5 Å². The Bertz CT molecular complexity index is 753. The van der Waals surface area contributed by atoms with Gasteiger partial charge in [0.1, 0.15) is 5.75 Å². The molecule has 1 aromatic carbocycles. The van der Waals surface area contributed by atoms with E-state index in [0.29, 0.717) is 0 Å². The van der Waals surface area contributed by atoms with Crippen LogP contribution in [0, 0.1) is 0 Å². The normalized spacial score (nSPS) is 16.9. The molecule has 2 heterocycles. The van der Waals surface area contributed by atoms with Gasteiger partial charge in [0.2, 0.25) is 5.91 Å². The van der Waals surface area contributed by atoms with E-state index in [9.17, 15) is 4.79 Å². The Morgan fingerprint density at radius 3 is 2.50 bits per heavy atom. The van der Waals surface area contributed by atoms with Crippen molar-refractivity contribution < 1.29 is 9.53 Å². The Morgan fingerprint density at radius 2 is 1.88 bits per heavy atom. The number of hydrogen-bond acceptors (Lipinski definition) is 4. The molecule has 0 atom stereocenters. The summed E-state index contributed by atoms with van der Waals surface area (Å²) in [6, 6.07) is 10.4. The summed E-state index contributed by atoms with van der Waals surface area (Å²) in [7, 11) is 1.70. The third kappa shape index (κ3) is 4.61. The number of nitrogens with one attached hydrogen (secondary N) is 1. The van der Waals surface area contributed by atoms with Crippen LogP contribution in [0.3, 0.4) is 0 Å². The summed E-state index contributed by atoms with van der Waals surface area (Å²) in [5, 5.41) is 3.10. The van der Waals surface area contributed by atoms with Crippen molar-refractivity contribution in [3.8, 4) is 16.9 Å². The SMILES string of the molecule is COc1cc(CN2CCC(C)(NC(C)=O)CC2)cc(-c2ccncc2)c1. The number of methoxy groups -OCH3 is 1. The van der Waals surface area contributed by atoms with Crippen LogP contribution in [0.5, 0.6) is 5.75 Å². The number of carbonyl (C=O) groups is 1. The van der Waals surface area contributed by atoms with E-state index in [2.05, 4.69) is 40.3 Å². The molecule has 1 aliphatic heterocycles. The van der Waals surface area contributed by atoms with Crippen LogP contribution < -0.4 is 10.1 Å². The smallest absolute Gasteiger partial charge is 0.217 e. The lowest BCUT2D eigenvalue weighted by molar-refractivity contribution is -0.121. The number of pyridine rings is 1. The molecule has 0 unspecified atom stereocenters. The lowest BCUT2D eigenvalue weighted by Gasteiger charge is -2.39. The maximum atomic E-state index is 11.4. The zero-order chi connectivity index (χ0) is 18.6. The lowest BCUT2D eigenvalue weighted by Crippen LogP contribution is -2.52. The van der Waals surface area contributed by atoms with Crippen molar-refractivity contribution in [2.45, 2.75) is 38.8 Å². The van der Waals surface area contributed by atoms with Gasteiger partial charge in [-0.15, -0.1) is 0 Å². The van der Waals surface area contributed by atoms with Crippen LogP contribution in [0.15, 0.2) is 42.7 Å². The average molecular weight is 353 g/mol. The van der Waals surface area contributed by atoms with Crippen molar-refractivity contribution in [3.05, 3.63) is 48.3 Å². The van der Waals surface area contributed by atoms with E-state index in [1.165, 1.54) is 5.56 Å². The van der Waals surface area contributed by atoms with Crippen LogP contribution in [0.2, 0.25) is 0 Å². The Labute approximate surface area is 155 Å². The summed E-state index contributed by atoms with van der Waals surface area (Å²) in [4.78, 5) is 17.9. The second-order valence-corrected chi connectivity index (χ2v) is 7.32. The summed E-state index contributed by atoms with van der Waals surface area (Å²) >= 11 is 0. The number of aromatic nitrogens is 1. The summed E-state index contributed by atoms with van der Waals surface area (Å²) in [5.41, 5.74) is 3.43. The van der Waals surface area contributed by atoms with Crippen LogP contribution in [0.1, 0.15) is 32.3 Å². The lowest BCUT2D eigenvalue weighted by atomic mass is 9.89. The highest BCUT2D eigenvalue weighted by molar-refractivity contribution is 5.73.